The number of hydrogen-bond donors (Lipinski definition) is 0. The van der Waals surface area contributed by atoms with Crippen LogP contribution in [0.4, 0.5) is 4.79 Å². The third-order valence-corrected chi connectivity index (χ3v) is 3.53. The van der Waals surface area contributed by atoms with Crippen LogP contribution in [0.5, 0.6) is 0 Å². The zero-order valence-electron chi connectivity index (χ0n) is 13.0. The van der Waals surface area contributed by atoms with E-state index in [2.05, 4.69) is 10.1 Å². The number of ether oxygens (including phenoxy) is 1. The second-order valence-electron chi connectivity index (χ2n) is 6.59. The molecule has 0 aromatic rings. The van der Waals surface area contributed by atoms with Crippen LogP contribution in [0.1, 0.15) is 66.2 Å². The molecule has 6 heteroatoms. The van der Waals surface area contributed by atoms with E-state index in [4.69, 9.17) is 10.3 Å². The standard InChI is InChI=1S/C14H26N4O2/c1-11(10-12-8-6-5-7-9-12)18(17-16-15)13(19)20-14(2,3)4/h11-12H,5-10H2,1-4H3/t11-/m0/s1. The highest BCUT2D eigenvalue weighted by molar-refractivity contribution is 5.68. The van der Waals surface area contributed by atoms with E-state index in [1.54, 1.807) is 20.8 Å². The van der Waals surface area contributed by atoms with Crippen LogP contribution in [-0.4, -0.2) is 22.7 Å². The maximum Gasteiger partial charge on any atom is 0.511 e. The summed E-state index contributed by atoms with van der Waals surface area (Å²) < 4.78 is 5.28. The molecule has 1 atom stereocenters. The molecular weight excluding hydrogens is 256 g/mol. The van der Waals surface area contributed by atoms with Crippen LogP contribution >= 0.6 is 0 Å². The molecule has 0 aliphatic heterocycles. The second-order valence-corrected chi connectivity index (χ2v) is 6.59. The fourth-order valence-electron chi connectivity index (χ4n) is 2.66. The molecule has 0 aromatic carbocycles. The highest BCUT2D eigenvalue weighted by atomic mass is 16.6. The third kappa shape index (κ3) is 5.70. The summed E-state index contributed by atoms with van der Waals surface area (Å²) in [7, 11) is 0. The normalized spacial score (nSPS) is 18.0. The van der Waals surface area contributed by atoms with E-state index < -0.39 is 11.7 Å². The van der Waals surface area contributed by atoms with Crippen molar-refractivity contribution in [1.29, 1.82) is 0 Å². The molecule has 0 spiro atoms. The van der Waals surface area contributed by atoms with Gasteiger partial charge in [0, 0.05) is 0 Å². The van der Waals surface area contributed by atoms with Gasteiger partial charge in [0.05, 0.1) is 0 Å². The first-order valence-corrected chi connectivity index (χ1v) is 7.40. The SMILES string of the molecule is C[C@@H](CC1CCCCC1)N(N=[N+]=[N-])C(=O)OC(C)(C)C. The van der Waals surface area contributed by atoms with E-state index in [1.165, 1.54) is 32.1 Å². The van der Waals surface area contributed by atoms with Gasteiger partial charge in [0.1, 0.15) is 11.6 Å². The summed E-state index contributed by atoms with van der Waals surface area (Å²) in [6, 6.07) is -0.135. The van der Waals surface area contributed by atoms with Crippen molar-refractivity contribution in [3.63, 3.8) is 0 Å². The van der Waals surface area contributed by atoms with E-state index in [1.807, 2.05) is 6.92 Å². The number of carbonyl (C=O) groups excluding carboxylic acids is 1. The smallest absolute Gasteiger partial charge is 0.425 e. The zero-order valence-corrected chi connectivity index (χ0v) is 13.0. The lowest BCUT2D eigenvalue weighted by molar-refractivity contribution is 0.0148. The van der Waals surface area contributed by atoms with E-state index in [9.17, 15) is 4.79 Å². The maximum atomic E-state index is 12.1. The summed E-state index contributed by atoms with van der Waals surface area (Å²) in [5.41, 5.74) is 8.06. The van der Waals surface area contributed by atoms with E-state index in [-0.39, 0.29) is 6.04 Å². The van der Waals surface area contributed by atoms with Crippen molar-refractivity contribution >= 4 is 6.09 Å². The predicted molar refractivity (Wildman–Crippen MR) is 77.9 cm³/mol. The molecule has 6 nitrogen and oxygen atoms in total. The lowest BCUT2D eigenvalue weighted by atomic mass is 9.85. The van der Waals surface area contributed by atoms with Gasteiger partial charge in [-0.2, -0.15) is 9.71 Å². The van der Waals surface area contributed by atoms with Crippen molar-refractivity contribution in [1.82, 2.24) is 5.01 Å². The lowest BCUT2D eigenvalue weighted by Gasteiger charge is -2.28. The first kappa shape index (κ1) is 16.6. The van der Waals surface area contributed by atoms with Gasteiger partial charge >= 0.3 is 6.09 Å². The average Bonchev–Trinajstić information content (AvgIpc) is 2.34. The van der Waals surface area contributed by atoms with Gasteiger partial charge in [-0.25, -0.2) is 0 Å². The quantitative estimate of drug-likeness (QED) is 0.321. The monoisotopic (exact) mass is 282 g/mol. The molecule has 0 bridgehead atoms. The van der Waals surface area contributed by atoms with E-state index in [0.29, 0.717) is 5.92 Å². The Morgan fingerprint density at radius 2 is 2.00 bits per heavy atom. The molecule has 0 radical (unpaired) electrons. The van der Waals surface area contributed by atoms with Gasteiger partial charge in [0.25, 0.3) is 0 Å². The molecule has 1 fully saturated rings. The summed E-state index contributed by atoms with van der Waals surface area (Å²) in [6.07, 6.45) is 6.50. The van der Waals surface area contributed by atoms with Crippen LogP contribution in [0.25, 0.3) is 10.4 Å². The van der Waals surface area contributed by atoms with Gasteiger partial charge < -0.3 is 4.74 Å². The fourth-order valence-corrected chi connectivity index (χ4v) is 2.66. The Labute approximate surface area is 121 Å². The number of nitrogens with zero attached hydrogens (tertiary/aromatic N) is 4. The Kier molecular flexibility index (Phi) is 6.14. The molecule has 0 unspecified atom stereocenters. The molecular formula is C14H26N4O2. The Hall–Kier alpha value is -1.42. The van der Waals surface area contributed by atoms with Gasteiger partial charge in [0.15, 0.2) is 0 Å². The van der Waals surface area contributed by atoms with Crippen LogP contribution in [0.15, 0.2) is 5.22 Å². The Morgan fingerprint density at radius 3 is 2.50 bits per heavy atom. The second kappa shape index (κ2) is 7.39. The summed E-state index contributed by atoms with van der Waals surface area (Å²) in [5.74, 6) is 0.609. The lowest BCUT2D eigenvalue weighted by Crippen LogP contribution is -2.39. The van der Waals surface area contributed by atoms with Crippen LogP contribution in [-0.2, 0) is 4.74 Å². The minimum Gasteiger partial charge on any atom is -0.425 e. The third-order valence-electron chi connectivity index (χ3n) is 3.53. The van der Waals surface area contributed by atoms with Gasteiger partial charge in [-0.3, -0.25) is 0 Å². The van der Waals surface area contributed by atoms with Gasteiger partial charge in [0.2, 0.25) is 0 Å². The molecule has 0 saturated heterocycles. The topological polar surface area (TPSA) is 78.3 Å². The number of amides is 1. The summed E-state index contributed by atoms with van der Waals surface area (Å²) in [4.78, 5) is 14.8. The number of carbonyl (C=O) groups is 1. The highest BCUT2D eigenvalue weighted by Gasteiger charge is 2.31. The number of hydrogen-bond acceptors (Lipinski definition) is 3. The summed E-state index contributed by atoms with van der Waals surface area (Å²) in [5, 5.41) is 4.65. The maximum absolute atomic E-state index is 12.1. The van der Waals surface area contributed by atoms with Gasteiger partial charge in [-0.15, -0.1) is 10.5 Å². The van der Waals surface area contributed by atoms with Gasteiger partial charge in [-0.1, -0.05) is 32.1 Å². The molecule has 114 valence electrons. The van der Waals surface area contributed by atoms with Crippen molar-refractivity contribution in [2.24, 2.45) is 11.1 Å². The molecule has 20 heavy (non-hydrogen) atoms. The Balaban J connectivity index is 2.63. The zero-order chi connectivity index (χ0) is 15.2. The Morgan fingerprint density at radius 1 is 1.40 bits per heavy atom. The predicted octanol–water partition coefficient (Wildman–Crippen LogP) is 4.81. The minimum atomic E-state index is -0.592. The minimum absolute atomic E-state index is 0.135. The molecule has 1 saturated carbocycles. The van der Waals surface area contributed by atoms with E-state index >= 15 is 0 Å². The first-order valence-electron chi connectivity index (χ1n) is 7.40. The van der Waals surface area contributed by atoms with Crippen LogP contribution in [0.3, 0.4) is 0 Å². The van der Waals surface area contributed by atoms with Crippen LogP contribution < -0.4 is 0 Å². The molecule has 1 aliphatic carbocycles. The van der Waals surface area contributed by atoms with Crippen molar-refractivity contribution in [2.75, 3.05) is 0 Å². The molecule has 0 heterocycles. The molecule has 0 aromatic heterocycles. The number of rotatable bonds is 4. The molecule has 0 N–H and O–H groups in total. The van der Waals surface area contributed by atoms with Crippen molar-refractivity contribution < 1.29 is 9.53 Å². The number of azide groups is 1. The first-order chi connectivity index (χ1) is 9.33. The largest absolute Gasteiger partial charge is 0.511 e. The Bertz CT molecular complexity index is 366. The van der Waals surface area contributed by atoms with Crippen LogP contribution in [0, 0.1) is 5.92 Å². The molecule has 1 aliphatic rings. The summed E-state index contributed by atoms with van der Waals surface area (Å²) >= 11 is 0. The van der Waals surface area contributed by atoms with E-state index in [0.717, 1.165) is 11.4 Å². The average molecular weight is 282 g/mol. The van der Waals surface area contributed by atoms with Crippen molar-refractivity contribution in [2.45, 2.75) is 77.9 Å². The summed E-state index contributed by atoms with van der Waals surface area (Å²) in [6.45, 7) is 7.30. The van der Waals surface area contributed by atoms with Crippen molar-refractivity contribution in [3.05, 3.63) is 10.4 Å². The molecule has 1 rings (SSSR count). The molecule has 1 amide bonds. The van der Waals surface area contributed by atoms with Gasteiger partial charge in [-0.05, 0) is 45.3 Å². The fraction of sp³-hybridized carbons (Fsp3) is 0.929. The van der Waals surface area contributed by atoms with Crippen LogP contribution in [0.2, 0.25) is 0 Å². The van der Waals surface area contributed by atoms with Crippen molar-refractivity contribution in [3.8, 4) is 0 Å². The highest BCUT2D eigenvalue weighted by Crippen LogP contribution is 2.29.